The summed E-state index contributed by atoms with van der Waals surface area (Å²) in [6.07, 6.45) is -9.43. The molecule has 7 N–H and O–H groups in total. The third-order valence-electron chi connectivity index (χ3n) is 4.60. The highest BCUT2D eigenvalue weighted by Gasteiger charge is 2.50. The van der Waals surface area contributed by atoms with Gasteiger partial charge < -0.3 is 50.2 Å². The molecule has 2 rings (SSSR count). The standard InChI is InChI=1S/C15H27NO10S/c1-5(19)16-8-13(10(21)7(4-18)25-15(8)27-2)26-14-12(23)11(22)9(20)6(3-17)24-14/h6-15,17-18,20-23H,3-4H2,1-2H3,(H,16,19)/t6?,7?,8?,9-,10-,11?,12?,13?,14-,15+/m0/s1. The summed E-state index contributed by atoms with van der Waals surface area (Å²) >= 11 is 1.22. The van der Waals surface area contributed by atoms with E-state index in [4.69, 9.17) is 14.2 Å². The van der Waals surface area contributed by atoms with Crippen LogP contribution >= 0.6 is 11.8 Å². The molecule has 0 aromatic carbocycles. The minimum Gasteiger partial charge on any atom is -0.394 e. The second-order valence-corrected chi connectivity index (χ2v) is 7.41. The topological polar surface area (TPSA) is 178 Å². The summed E-state index contributed by atoms with van der Waals surface area (Å²) in [5, 5.41) is 61.8. The van der Waals surface area contributed by atoms with E-state index in [1.54, 1.807) is 6.26 Å². The summed E-state index contributed by atoms with van der Waals surface area (Å²) in [7, 11) is 0. The van der Waals surface area contributed by atoms with Crippen molar-refractivity contribution in [3.8, 4) is 0 Å². The molecule has 2 saturated heterocycles. The van der Waals surface area contributed by atoms with Gasteiger partial charge in [0.05, 0.1) is 19.3 Å². The van der Waals surface area contributed by atoms with Crippen LogP contribution in [-0.2, 0) is 19.0 Å². The predicted octanol–water partition coefficient (Wildman–Crippen LogP) is -3.88. The fraction of sp³-hybridized carbons (Fsp3) is 0.933. The Labute approximate surface area is 160 Å². The smallest absolute Gasteiger partial charge is 0.217 e. The first-order valence-corrected chi connectivity index (χ1v) is 9.74. The minimum atomic E-state index is -1.67. The summed E-state index contributed by atoms with van der Waals surface area (Å²) in [4.78, 5) is 11.6. The molecule has 2 fully saturated rings. The van der Waals surface area contributed by atoms with Gasteiger partial charge in [-0.3, -0.25) is 4.79 Å². The van der Waals surface area contributed by atoms with Crippen molar-refractivity contribution in [2.75, 3.05) is 19.5 Å². The fourth-order valence-corrected chi connectivity index (χ4v) is 3.92. The number of rotatable bonds is 6. The third-order valence-corrected chi connectivity index (χ3v) is 5.46. The molecule has 2 aliphatic rings. The molecule has 0 radical (unpaired) electrons. The van der Waals surface area contributed by atoms with E-state index in [2.05, 4.69) is 5.32 Å². The average molecular weight is 413 g/mol. The lowest BCUT2D eigenvalue weighted by Crippen LogP contribution is -2.67. The molecule has 0 aromatic rings. The van der Waals surface area contributed by atoms with Crippen LogP contribution in [0.1, 0.15) is 6.92 Å². The van der Waals surface area contributed by atoms with Crippen molar-refractivity contribution < 1.29 is 49.6 Å². The van der Waals surface area contributed by atoms with Gasteiger partial charge in [-0.25, -0.2) is 0 Å². The van der Waals surface area contributed by atoms with Gasteiger partial charge in [-0.1, -0.05) is 0 Å². The predicted molar refractivity (Wildman–Crippen MR) is 91.5 cm³/mol. The number of aliphatic hydroxyl groups excluding tert-OH is 6. The molecule has 12 heteroatoms. The van der Waals surface area contributed by atoms with Crippen molar-refractivity contribution >= 4 is 17.7 Å². The molecule has 2 aliphatic heterocycles. The minimum absolute atomic E-state index is 0.417. The van der Waals surface area contributed by atoms with Gasteiger partial charge in [0.1, 0.15) is 48.2 Å². The monoisotopic (exact) mass is 413 g/mol. The Hall–Kier alpha value is -0.540. The molecule has 27 heavy (non-hydrogen) atoms. The summed E-state index contributed by atoms with van der Waals surface area (Å²) in [5.74, 6) is -0.417. The van der Waals surface area contributed by atoms with Crippen molar-refractivity contribution in [1.29, 1.82) is 0 Å². The number of aliphatic hydroxyl groups is 6. The molecule has 0 spiro atoms. The second-order valence-electron chi connectivity index (χ2n) is 6.48. The summed E-state index contributed by atoms with van der Waals surface area (Å²) in [6, 6.07) is -0.859. The van der Waals surface area contributed by atoms with E-state index in [0.29, 0.717) is 0 Å². The maximum atomic E-state index is 11.6. The van der Waals surface area contributed by atoms with E-state index in [9.17, 15) is 35.4 Å². The number of hydrogen-bond acceptors (Lipinski definition) is 11. The van der Waals surface area contributed by atoms with Gasteiger partial charge in [-0.2, -0.15) is 0 Å². The first-order valence-electron chi connectivity index (χ1n) is 8.45. The highest BCUT2D eigenvalue weighted by Crippen LogP contribution is 2.32. The van der Waals surface area contributed by atoms with Gasteiger partial charge in [-0.15, -0.1) is 11.8 Å². The summed E-state index contributed by atoms with van der Waals surface area (Å²) in [5.41, 5.74) is -0.677. The van der Waals surface area contributed by atoms with Crippen molar-refractivity contribution in [1.82, 2.24) is 5.32 Å². The van der Waals surface area contributed by atoms with E-state index >= 15 is 0 Å². The maximum absolute atomic E-state index is 11.6. The number of hydrogen-bond donors (Lipinski definition) is 7. The van der Waals surface area contributed by atoms with Crippen molar-refractivity contribution in [2.24, 2.45) is 0 Å². The molecule has 11 nitrogen and oxygen atoms in total. The molecule has 0 aliphatic carbocycles. The van der Waals surface area contributed by atoms with Crippen LogP contribution in [0.15, 0.2) is 0 Å². The summed E-state index contributed by atoms with van der Waals surface area (Å²) in [6.45, 7) is 0.120. The lowest BCUT2D eigenvalue weighted by atomic mass is 9.96. The van der Waals surface area contributed by atoms with Crippen LogP contribution in [0.25, 0.3) is 0 Å². The van der Waals surface area contributed by atoms with Gasteiger partial charge in [0.15, 0.2) is 6.29 Å². The van der Waals surface area contributed by atoms with E-state index in [1.807, 2.05) is 0 Å². The van der Waals surface area contributed by atoms with Crippen molar-refractivity contribution in [2.45, 2.75) is 67.4 Å². The number of ether oxygens (including phenoxy) is 3. The van der Waals surface area contributed by atoms with Gasteiger partial charge >= 0.3 is 0 Å². The first kappa shape index (κ1) is 22.7. The second kappa shape index (κ2) is 9.78. The number of carbonyl (C=O) groups is 1. The fourth-order valence-electron chi connectivity index (χ4n) is 3.15. The number of amides is 1. The Morgan fingerprint density at radius 2 is 1.59 bits per heavy atom. The quantitative estimate of drug-likeness (QED) is 0.226. The Morgan fingerprint density at radius 3 is 2.11 bits per heavy atom. The molecule has 1 amide bonds. The van der Waals surface area contributed by atoms with Gasteiger partial charge in [0.2, 0.25) is 5.91 Å². The van der Waals surface area contributed by atoms with E-state index in [-0.39, 0.29) is 0 Å². The molecule has 2 heterocycles. The average Bonchev–Trinajstić information content (AvgIpc) is 2.64. The van der Waals surface area contributed by atoms with Gasteiger partial charge in [0, 0.05) is 6.92 Å². The Bertz CT molecular complexity index is 497. The molecular formula is C15H27NO10S. The van der Waals surface area contributed by atoms with E-state index in [1.165, 1.54) is 18.7 Å². The molecule has 10 atom stereocenters. The van der Waals surface area contributed by atoms with Crippen LogP contribution in [0, 0.1) is 0 Å². The Morgan fingerprint density at radius 1 is 1.00 bits per heavy atom. The van der Waals surface area contributed by atoms with Crippen LogP contribution in [0.3, 0.4) is 0 Å². The van der Waals surface area contributed by atoms with E-state index in [0.717, 1.165) is 0 Å². The highest BCUT2D eigenvalue weighted by molar-refractivity contribution is 7.99. The third kappa shape index (κ3) is 4.90. The highest BCUT2D eigenvalue weighted by atomic mass is 32.2. The van der Waals surface area contributed by atoms with Crippen LogP contribution in [-0.4, -0.2) is 117 Å². The van der Waals surface area contributed by atoms with Crippen LogP contribution in [0.4, 0.5) is 0 Å². The zero-order valence-electron chi connectivity index (χ0n) is 14.9. The molecule has 0 saturated carbocycles. The molecule has 6 unspecified atom stereocenters. The van der Waals surface area contributed by atoms with Gasteiger partial charge in [-0.05, 0) is 6.26 Å². The molecule has 0 bridgehead atoms. The van der Waals surface area contributed by atoms with Crippen LogP contribution < -0.4 is 5.32 Å². The largest absolute Gasteiger partial charge is 0.394 e. The van der Waals surface area contributed by atoms with Crippen LogP contribution in [0.5, 0.6) is 0 Å². The molecular weight excluding hydrogens is 386 g/mol. The van der Waals surface area contributed by atoms with E-state index < -0.39 is 79.6 Å². The SMILES string of the molecule is CS[C@H]1OC(CO)[C@H](O)C(O[C@@H]2OC(CO)[C@H](O)C(O)C2O)C1NC(C)=O. The van der Waals surface area contributed by atoms with Crippen LogP contribution in [0.2, 0.25) is 0 Å². The Kier molecular flexibility index (Phi) is 8.24. The first-order chi connectivity index (χ1) is 12.7. The molecule has 158 valence electrons. The maximum Gasteiger partial charge on any atom is 0.217 e. The van der Waals surface area contributed by atoms with Gasteiger partial charge in [0.25, 0.3) is 0 Å². The van der Waals surface area contributed by atoms with Crippen molar-refractivity contribution in [3.05, 3.63) is 0 Å². The van der Waals surface area contributed by atoms with Crippen molar-refractivity contribution in [3.63, 3.8) is 0 Å². The molecule has 0 aromatic heterocycles. The Balaban J connectivity index is 2.25. The number of nitrogens with one attached hydrogen (secondary N) is 1. The lowest BCUT2D eigenvalue weighted by molar-refractivity contribution is -0.329. The zero-order valence-corrected chi connectivity index (χ0v) is 15.7. The normalized spacial score (nSPS) is 45.5. The number of carbonyl (C=O) groups excluding carboxylic acids is 1. The summed E-state index contributed by atoms with van der Waals surface area (Å²) < 4.78 is 16.5. The lowest BCUT2D eigenvalue weighted by Gasteiger charge is -2.47. The number of thioether (sulfide) groups is 1. The zero-order chi connectivity index (χ0) is 20.3.